The van der Waals surface area contributed by atoms with Crippen molar-refractivity contribution in [3.05, 3.63) is 36.0 Å². The van der Waals surface area contributed by atoms with Crippen LogP contribution in [0.5, 0.6) is 0 Å². The lowest BCUT2D eigenvalue weighted by Gasteiger charge is -2.25. The van der Waals surface area contributed by atoms with Crippen LogP contribution in [0.1, 0.15) is 31.4 Å². The smallest absolute Gasteiger partial charge is 0.0725 e. The van der Waals surface area contributed by atoms with Gasteiger partial charge in [0.15, 0.2) is 0 Å². The standard InChI is InChI=1S/C17H23N3/c1-12-10-16(14-8-4-5-9-15(14)19-12)20-17(11-18)13-6-2-3-7-13/h4-5,8-10,13,17H,2-3,6-7,11,18H2,1H3,(H,19,20). The topological polar surface area (TPSA) is 50.9 Å². The van der Waals surface area contributed by atoms with E-state index in [0.29, 0.717) is 18.5 Å². The van der Waals surface area contributed by atoms with E-state index in [1.807, 2.05) is 13.0 Å². The molecule has 0 spiro atoms. The summed E-state index contributed by atoms with van der Waals surface area (Å²) in [6.45, 7) is 2.74. The first kappa shape index (κ1) is 13.4. The third kappa shape index (κ3) is 2.63. The third-order valence-corrected chi connectivity index (χ3v) is 4.41. The fourth-order valence-electron chi connectivity index (χ4n) is 3.36. The molecule has 0 aliphatic heterocycles. The first-order valence-corrected chi connectivity index (χ1v) is 7.61. The van der Waals surface area contributed by atoms with Gasteiger partial charge < -0.3 is 11.1 Å². The number of nitrogens with two attached hydrogens (primary N) is 1. The molecule has 0 saturated heterocycles. The zero-order valence-corrected chi connectivity index (χ0v) is 12.1. The highest BCUT2D eigenvalue weighted by Crippen LogP contribution is 2.31. The molecule has 1 heterocycles. The average Bonchev–Trinajstić information content (AvgIpc) is 2.98. The maximum absolute atomic E-state index is 6.00. The summed E-state index contributed by atoms with van der Waals surface area (Å²) in [7, 11) is 0. The highest BCUT2D eigenvalue weighted by molar-refractivity contribution is 5.91. The number of benzene rings is 1. The molecule has 1 fully saturated rings. The number of nitrogens with zero attached hydrogens (tertiary/aromatic N) is 1. The highest BCUT2D eigenvalue weighted by Gasteiger charge is 2.24. The van der Waals surface area contributed by atoms with Gasteiger partial charge in [0.1, 0.15) is 0 Å². The fraction of sp³-hybridized carbons (Fsp3) is 0.471. The van der Waals surface area contributed by atoms with E-state index in [0.717, 1.165) is 11.2 Å². The molecule has 1 saturated carbocycles. The molecule has 1 aliphatic carbocycles. The molecular weight excluding hydrogens is 246 g/mol. The van der Waals surface area contributed by atoms with Gasteiger partial charge in [0.05, 0.1) is 5.52 Å². The monoisotopic (exact) mass is 269 g/mol. The molecule has 106 valence electrons. The van der Waals surface area contributed by atoms with Gasteiger partial charge in [0.25, 0.3) is 0 Å². The van der Waals surface area contributed by atoms with E-state index in [1.54, 1.807) is 0 Å². The zero-order valence-electron chi connectivity index (χ0n) is 12.1. The quantitative estimate of drug-likeness (QED) is 0.893. The Morgan fingerprint density at radius 1 is 1.30 bits per heavy atom. The van der Waals surface area contributed by atoms with Crippen molar-refractivity contribution in [2.75, 3.05) is 11.9 Å². The number of fused-ring (bicyclic) bond motifs is 1. The molecule has 3 N–H and O–H groups in total. The van der Waals surface area contributed by atoms with Crippen LogP contribution in [0.15, 0.2) is 30.3 Å². The number of anilines is 1. The van der Waals surface area contributed by atoms with E-state index in [9.17, 15) is 0 Å². The van der Waals surface area contributed by atoms with Gasteiger partial charge >= 0.3 is 0 Å². The van der Waals surface area contributed by atoms with Crippen LogP contribution >= 0.6 is 0 Å². The highest BCUT2D eigenvalue weighted by atomic mass is 15.0. The summed E-state index contributed by atoms with van der Waals surface area (Å²) in [6.07, 6.45) is 5.30. The van der Waals surface area contributed by atoms with Crippen LogP contribution in [0.2, 0.25) is 0 Å². The minimum atomic E-state index is 0.378. The number of pyridine rings is 1. The molecule has 2 aromatic rings. The molecular formula is C17H23N3. The molecule has 1 atom stereocenters. The summed E-state index contributed by atoms with van der Waals surface area (Å²) in [4.78, 5) is 4.60. The number of aryl methyl sites for hydroxylation is 1. The molecule has 1 aliphatic rings. The van der Waals surface area contributed by atoms with Gasteiger partial charge in [-0.3, -0.25) is 4.98 Å². The van der Waals surface area contributed by atoms with E-state index >= 15 is 0 Å². The molecule has 0 amide bonds. The summed E-state index contributed by atoms with van der Waals surface area (Å²) >= 11 is 0. The Kier molecular flexibility index (Phi) is 3.88. The Morgan fingerprint density at radius 3 is 2.80 bits per heavy atom. The van der Waals surface area contributed by atoms with Gasteiger partial charge in [-0.05, 0) is 37.8 Å². The van der Waals surface area contributed by atoms with Crippen molar-refractivity contribution in [1.82, 2.24) is 4.98 Å². The second-order valence-electron chi connectivity index (χ2n) is 5.86. The van der Waals surface area contributed by atoms with Gasteiger partial charge in [-0.25, -0.2) is 0 Å². The Labute approximate surface area is 120 Å². The van der Waals surface area contributed by atoms with Crippen LogP contribution < -0.4 is 11.1 Å². The van der Waals surface area contributed by atoms with E-state index < -0.39 is 0 Å². The maximum atomic E-state index is 6.00. The predicted molar refractivity (Wildman–Crippen MR) is 84.9 cm³/mol. The molecule has 0 bridgehead atoms. The lowest BCUT2D eigenvalue weighted by Crippen LogP contribution is -2.35. The number of hydrogen-bond acceptors (Lipinski definition) is 3. The average molecular weight is 269 g/mol. The number of nitrogens with one attached hydrogen (secondary N) is 1. The van der Waals surface area contributed by atoms with Gasteiger partial charge in [-0.15, -0.1) is 0 Å². The molecule has 20 heavy (non-hydrogen) atoms. The van der Waals surface area contributed by atoms with Crippen LogP contribution in [0, 0.1) is 12.8 Å². The van der Waals surface area contributed by atoms with Crippen LogP contribution in [-0.4, -0.2) is 17.6 Å². The van der Waals surface area contributed by atoms with Crippen molar-refractivity contribution in [2.24, 2.45) is 11.7 Å². The molecule has 3 rings (SSSR count). The van der Waals surface area contributed by atoms with Crippen LogP contribution in [0.4, 0.5) is 5.69 Å². The Balaban J connectivity index is 1.92. The van der Waals surface area contributed by atoms with Crippen molar-refractivity contribution in [1.29, 1.82) is 0 Å². The zero-order chi connectivity index (χ0) is 13.9. The summed E-state index contributed by atoms with van der Waals surface area (Å²) in [5.74, 6) is 0.715. The summed E-state index contributed by atoms with van der Waals surface area (Å²) in [5.41, 5.74) is 9.28. The summed E-state index contributed by atoms with van der Waals surface area (Å²) in [6, 6.07) is 10.8. The Hall–Kier alpha value is -1.61. The van der Waals surface area contributed by atoms with Crippen molar-refractivity contribution in [3.8, 4) is 0 Å². The van der Waals surface area contributed by atoms with Crippen molar-refractivity contribution < 1.29 is 0 Å². The lowest BCUT2D eigenvalue weighted by molar-refractivity contribution is 0.462. The van der Waals surface area contributed by atoms with E-state index in [2.05, 4.69) is 34.6 Å². The minimum absolute atomic E-state index is 0.378. The van der Waals surface area contributed by atoms with Gasteiger partial charge in [-0.2, -0.15) is 0 Å². The SMILES string of the molecule is Cc1cc(NC(CN)C2CCCC2)c2ccccc2n1. The number of aromatic nitrogens is 1. The largest absolute Gasteiger partial charge is 0.380 e. The fourth-order valence-corrected chi connectivity index (χ4v) is 3.36. The Bertz CT molecular complexity index is 588. The number of para-hydroxylation sites is 1. The predicted octanol–water partition coefficient (Wildman–Crippen LogP) is 3.47. The van der Waals surface area contributed by atoms with Crippen molar-refractivity contribution >= 4 is 16.6 Å². The normalized spacial score (nSPS) is 17.5. The third-order valence-electron chi connectivity index (χ3n) is 4.41. The molecule has 1 aromatic heterocycles. The second-order valence-corrected chi connectivity index (χ2v) is 5.86. The summed E-state index contributed by atoms with van der Waals surface area (Å²) in [5, 5.41) is 4.88. The van der Waals surface area contributed by atoms with Crippen LogP contribution in [0.3, 0.4) is 0 Å². The molecule has 3 heteroatoms. The molecule has 1 aromatic carbocycles. The van der Waals surface area contributed by atoms with E-state index in [-0.39, 0.29) is 0 Å². The van der Waals surface area contributed by atoms with Crippen molar-refractivity contribution in [3.63, 3.8) is 0 Å². The van der Waals surface area contributed by atoms with Crippen LogP contribution in [0.25, 0.3) is 10.9 Å². The van der Waals surface area contributed by atoms with Crippen molar-refractivity contribution in [2.45, 2.75) is 38.6 Å². The van der Waals surface area contributed by atoms with Gasteiger partial charge in [0.2, 0.25) is 0 Å². The molecule has 3 nitrogen and oxygen atoms in total. The second kappa shape index (κ2) is 5.80. The van der Waals surface area contributed by atoms with Gasteiger partial charge in [-0.1, -0.05) is 31.0 Å². The number of rotatable bonds is 4. The first-order chi connectivity index (χ1) is 9.78. The number of hydrogen-bond donors (Lipinski definition) is 2. The van der Waals surface area contributed by atoms with E-state index in [1.165, 1.54) is 36.8 Å². The molecule has 1 unspecified atom stereocenters. The minimum Gasteiger partial charge on any atom is -0.380 e. The van der Waals surface area contributed by atoms with E-state index in [4.69, 9.17) is 5.73 Å². The molecule has 0 radical (unpaired) electrons. The first-order valence-electron chi connectivity index (χ1n) is 7.61. The Morgan fingerprint density at radius 2 is 2.05 bits per heavy atom. The van der Waals surface area contributed by atoms with Gasteiger partial charge in [0, 0.05) is 29.4 Å². The van der Waals surface area contributed by atoms with Crippen LogP contribution in [-0.2, 0) is 0 Å². The lowest BCUT2D eigenvalue weighted by atomic mass is 9.97. The summed E-state index contributed by atoms with van der Waals surface area (Å²) < 4.78 is 0. The maximum Gasteiger partial charge on any atom is 0.0725 e.